The number of rotatable bonds is 5. The van der Waals surface area contributed by atoms with Gasteiger partial charge in [-0.1, -0.05) is 167 Å². The summed E-state index contributed by atoms with van der Waals surface area (Å²) >= 11 is 0. The fourth-order valence-corrected chi connectivity index (χ4v) is 11.5. The Morgan fingerprint density at radius 1 is 0.328 bits per heavy atom. The van der Waals surface area contributed by atoms with Gasteiger partial charge in [0.15, 0.2) is 0 Å². The molecule has 0 aliphatic heterocycles. The van der Waals surface area contributed by atoms with Gasteiger partial charge in [0, 0.05) is 44.1 Å². The van der Waals surface area contributed by atoms with Crippen LogP contribution in [-0.2, 0) is 10.8 Å². The van der Waals surface area contributed by atoms with Crippen molar-refractivity contribution in [2.45, 2.75) is 38.5 Å². The van der Waals surface area contributed by atoms with E-state index in [-0.39, 0.29) is 10.8 Å². The normalized spacial score (nSPS) is 14.2. The van der Waals surface area contributed by atoms with Crippen molar-refractivity contribution in [2.24, 2.45) is 0 Å². The highest BCUT2D eigenvalue weighted by Crippen LogP contribution is 2.54. The molecule has 0 atom stereocenters. The number of hydrogen-bond acceptors (Lipinski definition) is 1. The van der Waals surface area contributed by atoms with Crippen LogP contribution in [0.5, 0.6) is 0 Å². The second-order valence-corrected chi connectivity index (χ2v) is 19.0. The lowest BCUT2D eigenvalue weighted by Gasteiger charge is -2.30. The molecule has 1 aromatic heterocycles. The van der Waals surface area contributed by atoms with Crippen LogP contribution in [0.1, 0.15) is 49.9 Å². The van der Waals surface area contributed by atoms with Crippen LogP contribution >= 0.6 is 0 Å². The molecule has 304 valence electrons. The minimum atomic E-state index is -0.220. The molecule has 0 N–H and O–H groups in total. The summed E-state index contributed by atoms with van der Waals surface area (Å²) in [5.74, 6) is 0. The molecule has 10 aromatic carbocycles. The van der Waals surface area contributed by atoms with Crippen LogP contribution in [0.4, 0.5) is 17.1 Å². The van der Waals surface area contributed by atoms with Crippen molar-refractivity contribution in [3.8, 4) is 39.1 Å². The van der Waals surface area contributed by atoms with Gasteiger partial charge in [-0.25, -0.2) is 0 Å². The number of hydrogen-bond donors (Lipinski definition) is 0. The van der Waals surface area contributed by atoms with E-state index in [0.29, 0.717) is 0 Å². The molecular weight excluding hydrogens is 773 g/mol. The summed E-state index contributed by atoms with van der Waals surface area (Å²) in [6, 6.07) is 77.1. The molecule has 0 bridgehead atoms. The summed E-state index contributed by atoms with van der Waals surface area (Å²) in [4.78, 5) is 2.47. The van der Waals surface area contributed by atoms with Gasteiger partial charge in [-0.3, -0.25) is 0 Å². The molecule has 64 heavy (non-hydrogen) atoms. The predicted octanol–water partition coefficient (Wildman–Crippen LogP) is 16.8. The Bertz CT molecular complexity index is 3740. The second kappa shape index (κ2) is 13.4. The SMILES string of the molecule is CC1(C)c2ccccc2-c2ccc(N(c3ccc4c(c3)C(C)(C)c3cc(-c5ccc6c(c5)c5ccccc5n6-c5cccc6ccccc56)ccc3-4)c3ccc4ccccc4c3)cc21. The van der Waals surface area contributed by atoms with E-state index in [1.165, 1.54) is 110 Å². The minimum Gasteiger partial charge on any atom is -0.310 e. The second-order valence-electron chi connectivity index (χ2n) is 19.0. The Labute approximate surface area is 374 Å². The molecule has 1 heterocycles. The molecule has 0 saturated carbocycles. The maximum absolute atomic E-state index is 2.47. The van der Waals surface area contributed by atoms with Crippen LogP contribution in [0, 0.1) is 0 Å². The first-order valence-corrected chi connectivity index (χ1v) is 22.6. The van der Waals surface area contributed by atoms with E-state index in [9.17, 15) is 0 Å². The standard InChI is InChI=1S/C62H46N2/c1-61(2)54-21-11-9-19-48(54)50-31-28-45(37-56(50)61)63(44-27-24-39-14-5-6-16-41(39)34-44)46-29-32-51-49-30-25-43(36-55(49)62(3,4)57(51)38-46)42-26-33-60-53(35-42)52-20-10-12-22-59(52)64(60)58-23-13-17-40-15-7-8-18-47(40)58/h5-38H,1-4H3. The summed E-state index contributed by atoms with van der Waals surface area (Å²) in [5, 5.41) is 7.51. The first-order valence-electron chi connectivity index (χ1n) is 22.6. The highest BCUT2D eigenvalue weighted by Gasteiger charge is 2.38. The Hall–Kier alpha value is -7.68. The van der Waals surface area contributed by atoms with Crippen LogP contribution in [0.15, 0.2) is 206 Å². The van der Waals surface area contributed by atoms with E-state index in [4.69, 9.17) is 0 Å². The summed E-state index contributed by atoms with van der Waals surface area (Å²) in [7, 11) is 0. The Morgan fingerprint density at radius 2 is 0.844 bits per heavy atom. The fraction of sp³-hybridized carbons (Fsp3) is 0.0968. The number of nitrogens with zero attached hydrogens (tertiary/aromatic N) is 2. The molecule has 0 spiro atoms. The molecular formula is C62H46N2. The zero-order valence-electron chi connectivity index (χ0n) is 36.5. The van der Waals surface area contributed by atoms with E-state index in [1.54, 1.807) is 0 Å². The Morgan fingerprint density at radius 3 is 1.62 bits per heavy atom. The molecule has 2 aliphatic carbocycles. The third kappa shape index (κ3) is 5.26. The highest BCUT2D eigenvalue weighted by molar-refractivity contribution is 6.12. The van der Waals surface area contributed by atoms with Crippen LogP contribution in [0.3, 0.4) is 0 Å². The molecule has 0 saturated heterocycles. The summed E-state index contributed by atoms with van der Waals surface area (Å²) < 4.78 is 2.45. The molecule has 0 amide bonds. The molecule has 0 unspecified atom stereocenters. The van der Waals surface area contributed by atoms with Crippen molar-refractivity contribution in [1.29, 1.82) is 0 Å². The lowest BCUT2D eigenvalue weighted by molar-refractivity contribution is 0.660. The van der Waals surface area contributed by atoms with Crippen molar-refractivity contribution >= 4 is 60.4 Å². The average molecular weight is 819 g/mol. The van der Waals surface area contributed by atoms with Crippen molar-refractivity contribution in [1.82, 2.24) is 4.57 Å². The zero-order chi connectivity index (χ0) is 42.9. The first-order chi connectivity index (χ1) is 31.2. The number of para-hydroxylation sites is 1. The van der Waals surface area contributed by atoms with Crippen LogP contribution in [0.25, 0.3) is 82.4 Å². The topological polar surface area (TPSA) is 8.17 Å². The number of anilines is 3. The van der Waals surface area contributed by atoms with E-state index < -0.39 is 0 Å². The van der Waals surface area contributed by atoms with Crippen molar-refractivity contribution in [3.63, 3.8) is 0 Å². The fourth-order valence-electron chi connectivity index (χ4n) is 11.5. The monoisotopic (exact) mass is 818 g/mol. The molecule has 13 rings (SSSR count). The summed E-state index contributed by atoms with van der Waals surface area (Å²) in [6.45, 7) is 9.55. The molecule has 0 fully saturated rings. The zero-order valence-corrected chi connectivity index (χ0v) is 36.5. The summed E-state index contributed by atoms with van der Waals surface area (Å²) in [5.41, 5.74) is 20.1. The first kappa shape index (κ1) is 36.9. The minimum absolute atomic E-state index is 0.103. The quantitative estimate of drug-likeness (QED) is 0.168. The van der Waals surface area contributed by atoms with E-state index >= 15 is 0 Å². The van der Waals surface area contributed by atoms with E-state index in [1.807, 2.05) is 0 Å². The number of aromatic nitrogens is 1. The van der Waals surface area contributed by atoms with Gasteiger partial charge in [0.25, 0.3) is 0 Å². The highest BCUT2D eigenvalue weighted by atomic mass is 15.1. The smallest absolute Gasteiger partial charge is 0.0541 e. The van der Waals surface area contributed by atoms with Gasteiger partial charge in [-0.05, 0) is 139 Å². The average Bonchev–Trinajstić information content (AvgIpc) is 3.87. The van der Waals surface area contributed by atoms with Crippen LogP contribution in [-0.4, -0.2) is 4.57 Å². The van der Waals surface area contributed by atoms with Crippen molar-refractivity contribution in [3.05, 3.63) is 229 Å². The van der Waals surface area contributed by atoms with Gasteiger partial charge in [0.2, 0.25) is 0 Å². The maximum atomic E-state index is 2.47. The summed E-state index contributed by atoms with van der Waals surface area (Å²) in [6.07, 6.45) is 0. The van der Waals surface area contributed by atoms with Crippen molar-refractivity contribution in [2.75, 3.05) is 4.90 Å². The van der Waals surface area contributed by atoms with Crippen molar-refractivity contribution < 1.29 is 0 Å². The number of fused-ring (bicyclic) bond motifs is 11. The lowest BCUT2D eigenvalue weighted by atomic mass is 9.81. The Kier molecular flexibility index (Phi) is 7.74. The molecule has 2 aliphatic rings. The molecule has 11 aromatic rings. The third-order valence-electron chi connectivity index (χ3n) is 14.7. The lowest BCUT2D eigenvalue weighted by Crippen LogP contribution is -2.18. The largest absolute Gasteiger partial charge is 0.310 e. The predicted molar refractivity (Wildman–Crippen MR) is 271 cm³/mol. The molecule has 2 heteroatoms. The van der Waals surface area contributed by atoms with Gasteiger partial charge in [0.1, 0.15) is 0 Å². The molecule has 0 radical (unpaired) electrons. The van der Waals surface area contributed by atoms with Gasteiger partial charge in [-0.2, -0.15) is 0 Å². The van der Waals surface area contributed by atoms with Gasteiger partial charge >= 0.3 is 0 Å². The van der Waals surface area contributed by atoms with E-state index in [2.05, 4.69) is 243 Å². The van der Waals surface area contributed by atoms with E-state index in [0.717, 1.165) is 11.4 Å². The maximum Gasteiger partial charge on any atom is 0.0541 e. The van der Waals surface area contributed by atoms with Crippen LogP contribution < -0.4 is 4.90 Å². The van der Waals surface area contributed by atoms with Crippen LogP contribution in [0.2, 0.25) is 0 Å². The Balaban J connectivity index is 0.920. The van der Waals surface area contributed by atoms with Gasteiger partial charge < -0.3 is 9.47 Å². The van der Waals surface area contributed by atoms with Gasteiger partial charge in [0.05, 0.1) is 16.7 Å². The van der Waals surface area contributed by atoms with Gasteiger partial charge in [-0.15, -0.1) is 0 Å². The number of benzene rings is 10. The molecule has 2 nitrogen and oxygen atoms in total. The third-order valence-corrected chi connectivity index (χ3v) is 14.7.